The van der Waals surface area contributed by atoms with Crippen molar-refractivity contribution in [2.75, 3.05) is 19.6 Å². The lowest BCUT2D eigenvalue weighted by Gasteiger charge is -2.27. The average molecular weight is 183 g/mol. The van der Waals surface area contributed by atoms with Gasteiger partial charge in [-0.05, 0) is 32.4 Å². The van der Waals surface area contributed by atoms with Crippen LogP contribution in [-0.2, 0) is 4.79 Å². The Morgan fingerprint density at radius 2 is 2.31 bits per heavy atom. The summed E-state index contributed by atoms with van der Waals surface area (Å²) >= 11 is 0. The van der Waals surface area contributed by atoms with E-state index in [9.17, 15) is 4.79 Å². The van der Waals surface area contributed by atoms with Gasteiger partial charge in [-0.25, -0.2) is 0 Å². The summed E-state index contributed by atoms with van der Waals surface area (Å²) in [5.41, 5.74) is 5.35. The van der Waals surface area contributed by atoms with Crippen LogP contribution in [0.2, 0.25) is 0 Å². The number of nitrogens with one attached hydrogen (secondary N) is 1. The minimum absolute atomic E-state index is 0.00454. The second kappa shape index (κ2) is 3.64. The molecule has 2 aliphatic heterocycles. The number of hydrogen-bond donors (Lipinski definition) is 2. The lowest BCUT2D eigenvalue weighted by molar-refractivity contribution is -0.122. The molecular weight excluding hydrogens is 166 g/mol. The highest BCUT2D eigenvalue weighted by atomic mass is 16.1. The van der Waals surface area contributed by atoms with Crippen LogP contribution in [0, 0.1) is 0 Å². The summed E-state index contributed by atoms with van der Waals surface area (Å²) in [4.78, 5) is 13.4. The second-order valence-corrected chi connectivity index (χ2v) is 3.94. The Morgan fingerprint density at radius 3 is 2.92 bits per heavy atom. The minimum atomic E-state index is -0.149. The predicted molar refractivity (Wildman–Crippen MR) is 50.2 cm³/mol. The Hall–Kier alpha value is -0.610. The van der Waals surface area contributed by atoms with Gasteiger partial charge in [-0.15, -0.1) is 0 Å². The van der Waals surface area contributed by atoms with E-state index in [1.54, 1.807) is 0 Å². The summed E-state index contributed by atoms with van der Waals surface area (Å²) in [6.07, 6.45) is 3.22. The molecule has 2 saturated heterocycles. The number of carbonyl (C=O) groups is 1. The molecule has 2 rings (SSSR count). The molecule has 74 valence electrons. The van der Waals surface area contributed by atoms with Crippen LogP contribution in [0.1, 0.15) is 19.3 Å². The van der Waals surface area contributed by atoms with Crippen molar-refractivity contribution in [3.8, 4) is 0 Å². The molecule has 2 aliphatic rings. The van der Waals surface area contributed by atoms with Crippen LogP contribution in [-0.4, -0.2) is 42.5 Å². The van der Waals surface area contributed by atoms with Gasteiger partial charge >= 0.3 is 0 Å². The van der Waals surface area contributed by atoms with E-state index in [0.29, 0.717) is 6.04 Å². The zero-order valence-electron chi connectivity index (χ0n) is 7.83. The van der Waals surface area contributed by atoms with Crippen LogP contribution in [0.5, 0.6) is 0 Å². The number of carbonyl (C=O) groups excluding carboxylic acids is 1. The molecule has 0 aromatic rings. The maximum Gasteiger partial charge on any atom is 0.234 e. The van der Waals surface area contributed by atoms with Crippen LogP contribution < -0.4 is 11.1 Å². The largest absolute Gasteiger partial charge is 0.368 e. The fraction of sp³-hybridized carbons (Fsp3) is 0.889. The molecule has 2 atom stereocenters. The summed E-state index contributed by atoms with van der Waals surface area (Å²) in [6.45, 7) is 3.14. The topological polar surface area (TPSA) is 58.4 Å². The Bertz CT molecular complexity index is 201. The number of nitrogens with two attached hydrogens (primary N) is 1. The van der Waals surface area contributed by atoms with Gasteiger partial charge in [0.1, 0.15) is 0 Å². The van der Waals surface area contributed by atoms with E-state index in [-0.39, 0.29) is 11.9 Å². The van der Waals surface area contributed by atoms with Crippen molar-refractivity contribution in [1.29, 1.82) is 0 Å². The third-order valence-electron chi connectivity index (χ3n) is 3.13. The van der Waals surface area contributed by atoms with Crippen molar-refractivity contribution in [3.05, 3.63) is 0 Å². The third kappa shape index (κ3) is 1.69. The first kappa shape index (κ1) is 8.97. The third-order valence-corrected chi connectivity index (χ3v) is 3.13. The fourth-order valence-corrected chi connectivity index (χ4v) is 2.45. The molecule has 2 heterocycles. The van der Waals surface area contributed by atoms with Crippen molar-refractivity contribution in [2.45, 2.75) is 31.3 Å². The maximum atomic E-state index is 11.1. The molecule has 0 aromatic heterocycles. The van der Waals surface area contributed by atoms with Crippen LogP contribution in [0.25, 0.3) is 0 Å². The van der Waals surface area contributed by atoms with Gasteiger partial charge in [0.25, 0.3) is 0 Å². The van der Waals surface area contributed by atoms with Gasteiger partial charge in [-0.2, -0.15) is 0 Å². The number of primary amides is 1. The van der Waals surface area contributed by atoms with Gasteiger partial charge < -0.3 is 11.1 Å². The highest BCUT2D eigenvalue weighted by molar-refractivity contribution is 5.80. The number of rotatable bonds is 2. The van der Waals surface area contributed by atoms with Gasteiger partial charge in [0.15, 0.2) is 0 Å². The highest BCUT2D eigenvalue weighted by Crippen LogP contribution is 2.22. The normalized spacial score (nSPS) is 35.4. The van der Waals surface area contributed by atoms with E-state index in [1.165, 1.54) is 0 Å². The monoisotopic (exact) mass is 183 g/mol. The molecule has 0 aliphatic carbocycles. The van der Waals surface area contributed by atoms with Gasteiger partial charge in [0.05, 0.1) is 6.04 Å². The van der Waals surface area contributed by atoms with Crippen molar-refractivity contribution < 1.29 is 4.79 Å². The van der Waals surface area contributed by atoms with E-state index in [1.807, 2.05) is 0 Å². The summed E-state index contributed by atoms with van der Waals surface area (Å²) in [5, 5.41) is 3.31. The summed E-state index contributed by atoms with van der Waals surface area (Å²) in [6, 6.07) is 0.546. The lowest BCUT2D eigenvalue weighted by Crippen LogP contribution is -2.46. The van der Waals surface area contributed by atoms with Crippen LogP contribution >= 0.6 is 0 Å². The SMILES string of the molecule is NC(=O)C1CCCN1[C@H]1CCNC1. The summed E-state index contributed by atoms with van der Waals surface area (Å²) in [7, 11) is 0. The summed E-state index contributed by atoms with van der Waals surface area (Å²) < 4.78 is 0. The smallest absolute Gasteiger partial charge is 0.234 e. The fourth-order valence-electron chi connectivity index (χ4n) is 2.45. The molecule has 0 aromatic carbocycles. The predicted octanol–water partition coefficient (Wildman–Crippen LogP) is -0.702. The molecule has 3 N–H and O–H groups in total. The molecule has 4 nitrogen and oxygen atoms in total. The molecule has 0 bridgehead atoms. The molecular formula is C9H17N3O. The van der Waals surface area contributed by atoms with E-state index >= 15 is 0 Å². The lowest BCUT2D eigenvalue weighted by atomic mass is 10.1. The molecule has 0 saturated carbocycles. The highest BCUT2D eigenvalue weighted by Gasteiger charge is 2.34. The maximum absolute atomic E-state index is 11.1. The van der Waals surface area contributed by atoms with Crippen LogP contribution in [0.3, 0.4) is 0 Å². The zero-order chi connectivity index (χ0) is 9.26. The van der Waals surface area contributed by atoms with Crippen molar-refractivity contribution >= 4 is 5.91 Å². The van der Waals surface area contributed by atoms with E-state index in [0.717, 1.165) is 38.9 Å². The number of likely N-dealkylation sites (tertiary alicyclic amines) is 1. The average Bonchev–Trinajstić information content (AvgIpc) is 2.74. The quantitative estimate of drug-likeness (QED) is 0.595. The van der Waals surface area contributed by atoms with Gasteiger partial charge in [0.2, 0.25) is 5.91 Å². The van der Waals surface area contributed by atoms with E-state index < -0.39 is 0 Å². The van der Waals surface area contributed by atoms with Crippen LogP contribution in [0.4, 0.5) is 0 Å². The van der Waals surface area contributed by atoms with Gasteiger partial charge in [-0.1, -0.05) is 0 Å². The Labute approximate surface area is 78.5 Å². The first-order chi connectivity index (χ1) is 6.29. The molecule has 4 heteroatoms. The van der Waals surface area contributed by atoms with Gasteiger partial charge in [-0.3, -0.25) is 9.69 Å². The minimum Gasteiger partial charge on any atom is -0.368 e. The molecule has 2 fully saturated rings. The zero-order valence-corrected chi connectivity index (χ0v) is 7.83. The van der Waals surface area contributed by atoms with Crippen molar-refractivity contribution in [1.82, 2.24) is 10.2 Å². The molecule has 13 heavy (non-hydrogen) atoms. The van der Waals surface area contributed by atoms with E-state index in [4.69, 9.17) is 5.73 Å². The van der Waals surface area contributed by atoms with E-state index in [2.05, 4.69) is 10.2 Å². The first-order valence-corrected chi connectivity index (χ1v) is 5.05. The Morgan fingerprint density at radius 1 is 1.46 bits per heavy atom. The number of hydrogen-bond acceptors (Lipinski definition) is 3. The number of nitrogens with zero attached hydrogens (tertiary/aromatic N) is 1. The van der Waals surface area contributed by atoms with Crippen molar-refractivity contribution in [2.24, 2.45) is 5.73 Å². The van der Waals surface area contributed by atoms with Gasteiger partial charge in [0, 0.05) is 12.6 Å². The first-order valence-electron chi connectivity index (χ1n) is 5.05. The molecule has 0 radical (unpaired) electrons. The molecule has 1 unspecified atom stereocenters. The Balaban J connectivity index is 2.00. The molecule has 0 spiro atoms. The van der Waals surface area contributed by atoms with Crippen LogP contribution in [0.15, 0.2) is 0 Å². The standard InChI is InChI=1S/C9H17N3O/c10-9(13)8-2-1-5-12(8)7-3-4-11-6-7/h7-8,11H,1-6H2,(H2,10,13)/t7-,8?/m0/s1. The number of amides is 1. The summed E-state index contributed by atoms with van der Waals surface area (Å²) in [5.74, 6) is -0.149. The molecule has 1 amide bonds. The second-order valence-electron chi connectivity index (χ2n) is 3.94. The Kier molecular flexibility index (Phi) is 2.51. The van der Waals surface area contributed by atoms with Crippen molar-refractivity contribution in [3.63, 3.8) is 0 Å².